The molecule has 2 rings (SSSR count). The van der Waals surface area contributed by atoms with Gasteiger partial charge in [-0.05, 0) is 32.0 Å². The van der Waals surface area contributed by atoms with Gasteiger partial charge >= 0.3 is 0 Å². The maximum atomic E-state index is 13.6. The number of hydrogen-bond donors (Lipinski definition) is 1. The number of nitrogens with one attached hydrogen (secondary N) is 1. The van der Waals surface area contributed by atoms with Crippen molar-refractivity contribution >= 4 is 0 Å². The largest absolute Gasteiger partial charge is 0.487 e. The summed E-state index contributed by atoms with van der Waals surface area (Å²) in [5, 5.41) is 3.35. The van der Waals surface area contributed by atoms with E-state index in [1.54, 1.807) is 12.1 Å². The Morgan fingerprint density at radius 1 is 1.33 bits per heavy atom. The zero-order valence-electron chi connectivity index (χ0n) is 11.4. The highest BCUT2D eigenvalue weighted by Gasteiger charge is 2.53. The van der Waals surface area contributed by atoms with E-state index in [4.69, 9.17) is 4.74 Å². The minimum Gasteiger partial charge on any atom is -0.487 e. The summed E-state index contributed by atoms with van der Waals surface area (Å²) in [5.41, 5.74) is 0.136. The molecule has 1 aliphatic rings. The van der Waals surface area contributed by atoms with Crippen LogP contribution in [0.5, 0.6) is 5.75 Å². The molecular weight excluding hydrogens is 229 g/mol. The third kappa shape index (κ3) is 2.01. The number of ether oxygens (including phenoxy) is 1. The first-order valence-electron chi connectivity index (χ1n) is 6.76. The van der Waals surface area contributed by atoms with Gasteiger partial charge in [0, 0.05) is 17.9 Å². The fourth-order valence-electron chi connectivity index (χ4n) is 3.21. The fourth-order valence-corrected chi connectivity index (χ4v) is 3.21. The third-order valence-electron chi connectivity index (χ3n) is 4.56. The molecule has 1 aromatic rings. The highest BCUT2D eigenvalue weighted by atomic mass is 19.1. The SMILES string of the molecule is CCC1(CC)C(NC)CC1Oc1ccccc1F. The van der Waals surface area contributed by atoms with Gasteiger partial charge in [-0.25, -0.2) is 4.39 Å². The molecule has 1 aromatic carbocycles. The van der Waals surface area contributed by atoms with Gasteiger partial charge in [0.25, 0.3) is 0 Å². The lowest BCUT2D eigenvalue weighted by molar-refractivity contribution is -0.0849. The highest BCUT2D eigenvalue weighted by Crippen LogP contribution is 2.48. The normalized spacial score (nSPS) is 25.6. The van der Waals surface area contributed by atoms with Crippen LogP contribution in [0.1, 0.15) is 33.1 Å². The van der Waals surface area contributed by atoms with Crippen molar-refractivity contribution in [3.63, 3.8) is 0 Å². The summed E-state index contributed by atoms with van der Waals surface area (Å²) >= 11 is 0. The first-order valence-corrected chi connectivity index (χ1v) is 6.76. The van der Waals surface area contributed by atoms with Crippen molar-refractivity contribution in [3.8, 4) is 5.75 Å². The topological polar surface area (TPSA) is 21.3 Å². The van der Waals surface area contributed by atoms with Gasteiger partial charge in [0.1, 0.15) is 6.10 Å². The second kappa shape index (κ2) is 5.27. The Kier molecular flexibility index (Phi) is 3.91. The molecule has 1 saturated carbocycles. The summed E-state index contributed by atoms with van der Waals surface area (Å²) < 4.78 is 19.5. The van der Waals surface area contributed by atoms with E-state index in [1.165, 1.54) is 6.07 Å². The summed E-state index contributed by atoms with van der Waals surface area (Å²) in [4.78, 5) is 0. The average Bonchev–Trinajstić information content (AvgIpc) is 2.37. The molecule has 0 spiro atoms. The van der Waals surface area contributed by atoms with Crippen LogP contribution in [0, 0.1) is 11.2 Å². The van der Waals surface area contributed by atoms with Crippen molar-refractivity contribution in [1.82, 2.24) is 5.32 Å². The van der Waals surface area contributed by atoms with Crippen LogP contribution in [-0.4, -0.2) is 19.2 Å². The molecule has 2 atom stereocenters. The van der Waals surface area contributed by atoms with Crippen molar-refractivity contribution < 1.29 is 9.13 Å². The minimum atomic E-state index is -0.272. The predicted molar refractivity (Wildman–Crippen MR) is 71.3 cm³/mol. The number of halogens is 1. The molecular formula is C15H22FNO. The molecule has 1 fully saturated rings. The molecule has 0 saturated heterocycles. The van der Waals surface area contributed by atoms with Gasteiger partial charge in [-0.3, -0.25) is 0 Å². The molecule has 2 unspecified atom stereocenters. The Balaban J connectivity index is 2.13. The van der Waals surface area contributed by atoms with Gasteiger partial charge in [-0.1, -0.05) is 26.0 Å². The van der Waals surface area contributed by atoms with E-state index in [9.17, 15) is 4.39 Å². The Morgan fingerprint density at radius 2 is 2.00 bits per heavy atom. The van der Waals surface area contributed by atoms with E-state index in [0.29, 0.717) is 11.8 Å². The quantitative estimate of drug-likeness (QED) is 0.866. The van der Waals surface area contributed by atoms with Gasteiger partial charge in [0.15, 0.2) is 11.6 Å². The fraction of sp³-hybridized carbons (Fsp3) is 0.600. The Morgan fingerprint density at radius 3 is 2.56 bits per heavy atom. The van der Waals surface area contributed by atoms with Crippen LogP contribution in [-0.2, 0) is 0 Å². The van der Waals surface area contributed by atoms with Crippen LogP contribution in [0.4, 0.5) is 4.39 Å². The molecule has 100 valence electrons. The van der Waals surface area contributed by atoms with Crippen molar-refractivity contribution in [2.24, 2.45) is 5.41 Å². The smallest absolute Gasteiger partial charge is 0.165 e. The second-order valence-electron chi connectivity index (χ2n) is 5.05. The lowest BCUT2D eigenvalue weighted by Gasteiger charge is -2.55. The molecule has 1 aliphatic carbocycles. The number of rotatable bonds is 5. The molecule has 3 heteroatoms. The molecule has 1 N–H and O–H groups in total. The van der Waals surface area contributed by atoms with Crippen molar-refractivity contribution in [2.45, 2.75) is 45.3 Å². The molecule has 0 radical (unpaired) electrons. The Hall–Kier alpha value is -1.09. The van der Waals surface area contributed by atoms with E-state index in [2.05, 4.69) is 19.2 Å². The van der Waals surface area contributed by atoms with Gasteiger partial charge in [-0.15, -0.1) is 0 Å². The first kappa shape index (κ1) is 13.3. The van der Waals surface area contributed by atoms with Crippen LogP contribution in [0.15, 0.2) is 24.3 Å². The summed E-state index contributed by atoms with van der Waals surface area (Å²) in [7, 11) is 1.99. The lowest BCUT2D eigenvalue weighted by Crippen LogP contribution is -2.63. The van der Waals surface area contributed by atoms with E-state index >= 15 is 0 Å². The zero-order chi connectivity index (χ0) is 13.2. The number of para-hydroxylation sites is 1. The summed E-state index contributed by atoms with van der Waals surface area (Å²) in [6.07, 6.45) is 3.16. The molecule has 2 nitrogen and oxygen atoms in total. The summed E-state index contributed by atoms with van der Waals surface area (Å²) in [5.74, 6) is 0.106. The van der Waals surface area contributed by atoms with E-state index < -0.39 is 0 Å². The molecule has 0 heterocycles. The van der Waals surface area contributed by atoms with Gasteiger partial charge in [0.05, 0.1) is 0 Å². The highest BCUT2D eigenvalue weighted by molar-refractivity contribution is 5.25. The van der Waals surface area contributed by atoms with Gasteiger partial charge in [0.2, 0.25) is 0 Å². The Labute approximate surface area is 109 Å². The zero-order valence-corrected chi connectivity index (χ0v) is 11.4. The monoisotopic (exact) mass is 251 g/mol. The van der Waals surface area contributed by atoms with Crippen molar-refractivity contribution in [3.05, 3.63) is 30.1 Å². The predicted octanol–water partition coefficient (Wildman–Crippen LogP) is 3.37. The van der Waals surface area contributed by atoms with Crippen molar-refractivity contribution in [1.29, 1.82) is 0 Å². The lowest BCUT2D eigenvalue weighted by atomic mass is 9.58. The number of benzene rings is 1. The third-order valence-corrected chi connectivity index (χ3v) is 4.56. The Bertz CT molecular complexity index is 403. The molecule has 0 aliphatic heterocycles. The number of hydrogen-bond acceptors (Lipinski definition) is 2. The van der Waals surface area contributed by atoms with Gasteiger partial charge < -0.3 is 10.1 Å². The molecule has 0 amide bonds. The summed E-state index contributed by atoms with van der Waals surface area (Å²) in [6.45, 7) is 4.37. The molecule has 0 bridgehead atoms. The molecule has 0 aromatic heterocycles. The van der Waals surface area contributed by atoms with Crippen LogP contribution in [0.25, 0.3) is 0 Å². The molecule has 18 heavy (non-hydrogen) atoms. The van der Waals surface area contributed by atoms with Crippen LogP contribution in [0.2, 0.25) is 0 Å². The second-order valence-corrected chi connectivity index (χ2v) is 5.05. The minimum absolute atomic E-state index is 0.113. The standard InChI is InChI=1S/C15H22FNO/c1-4-15(5-2)13(17-3)10-14(15)18-12-9-7-6-8-11(12)16/h6-9,13-14,17H,4-5,10H2,1-3H3. The van der Waals surface area contributed by atoms with Crippen molar-refractivity contribution in [2.75, 3.05) is 7.05 Å². The van der Waals surface area contributed by atoms with E-state index in [0.717, 1.165) is 19.3 Å². The van der Waals surface area contributed by atoms with E-state index in [-0.39, 0.29) is 17.3 Å². The van der Waals surface area contributed by atoms with E-state index in [1.807, 2.05) is 13.1 Å². The maximum absolute atomic E-state index is 13.6. The van der Waals surface area contributed by atoms with Crippen LogP contribution < -0.4 is 10.1 Å². The first-order chi connectivity index (χ1) is 8.67. The van der Waals surface area contributed by atoms with Crippen LogP contribution >= 0.6 is 0 Å². The average molecular weight is 251 g/mol. The van der Waals surface area contributed by atoms with Gasteiger partial charge in [-0.2, -0.15) is 0 Å². The summed E-state index contributed by atoms with van der Waals surface area (Å²) in [6, 6.07) is 7.13. The van der Waals surface area contributed by atoms with Crippen LogP contribution in [0.3, 0.4) is 0 Å². The maximum Gasteiger partial charge on any atom is 0.165 e.